The smallest absolute Gasteiger partial charge is 0.337 e. The van der Waals surface area contributed by atoms with Gasteiger partial charge in [0.05, 0.1) is 18.4 Å². The SMILES string of the molecule is COc1ccc(NC(=O)C(C)(C)OC)c(C(=O)O)c1. The average Bonchev–Trinajstić information content (AvgIpc) is 2.38. The summed E-state index contributed by atoms with van der Waals surface area (Å²) in [6.07, 6.45) is 0. The van der Waals surface area contributed by atoms with Gasteiger partial charge in [0, 0.05) is 7.11 Å². The first-order chi connectivity index (χ1) is 8.81. The Morgan fingerprint density at radius 3 is 2.37 bits per heavy atom. The zero-order valence-corrected chi connectivity index (χ0v) is 11.3. The Kier molecular flexibility index (Phi) is 4.50. The van der Waals surface area contributed by atoms with Gasteiger partial charge in [0.2, 0.25) is 0 Å². The maximum atomic E-state index is 11.9. The second-order valence-electron chi connectivity index (χ2n) is 4.39. The summed E-state index contributed by atoms with van der Waals surface area (Å²) in [6, 6.07) is 4.39. The van der Waals surface area contributed by atoms with E-state index in [1.54, 1.807) is 19.9 Å². The molecule has 0 bridgehead atoms. The Labute approximate surface area is 111 Å². The van der Waals surface area contributed by atoms with Crippen molar-refractivity contribution in [2.45, 2.75) is 19.4 Å². The monoisotopic (exact) mass is 267 g/mol. The summed E-state index contributed by atoms with van der Waals surface area (Å²) in [7, 11) is 2.85. The molecule has 0 heterocycles. The molecule has 19 heavy (non-hydrogen) atoms. The number of methoxy groups -OCH3 is 2. The molecule has 1 amide bonds. The van der Waals surface area contributed by atoms with Gasteiger partial charge >= 0.3 is 5.97 Å². The molecule has 6 nitrogen and oxygen atoms in total. The average molecular weight is 267 g/mol. The van der Waals surface area contributed by atoms with Crippen molar-refractivity contribution < 1.29 is 24.2 Å². The fourth-order valence-electron chi connectivity index (χ4n) is 1.30. The molecular weight excluding hydrogens is 250 g/mol. The number of amides is 1. The van der Waals surface area contributed by atoms with Gasteiger partial charge in [-0.2, -0.15) is 0 Å². The Morgan fingerprint density at radius 2 is 1.89 bits per heavy atom. The van der Waals surface area contributed by atoms with Crippen LogP contribution in [0.1, 0.15) is 24.2 Å². The van der Waals surface area contributed by atoms with Crippen LogP contribution in [0.5, 0.6) is 5.75 Å². The van der Waals surface area contributed by atoms with Crippen LogP contribution in [0, 0.1) is 0 Å². The fraction of sp³-hybridized carbons (Fsp3) is 0.385. The van der Waals surface area contributed by atoms with E-state index in [0.29, 0.717) is 5.75 Å². The number of carbonyl (C=O) groups excluding carboxylic acids is 1. The van der Waals surface area contributed by atoms with Gasteiger partial charge in [0.15, 0.2) is 0 Å². The minimum atomic E-state index is -1.15. The highest BCUT2D eigenvalue weighted by atomic mass is 16.5. The number of carboxylic acids is 1. The maximum Gasteiger partial charge on any atom is 0.337 e. The molecule has 0 radical (unpaired) electrons. The van der Waals surface area contributed by atoms with E-state index >= 15 is 0 Å². The normalized spacial score (nSPS) is 10.9. The van der Waals surface area contributed by atoms with E-state index in [2.05, 4.69) is 5.32 Å². The number of ether oxygens (including phenoxy) is 2. The van der Waals surface area contributed by atoms with Gasteiger partial charge in [-0.05, 0) is 32.0 Å². The van der Waals surface area contributed by atoms with E-state index in [1.165, 1.54) is 26.4 Å². The van der Waals surface area contributed by atoms with Gasteiger partial charge in [0.1, 0.15) is 11.4 Å². The summed E-state index contributed by atoms with van der Waals surface area (Å²) < 4.78 is 9.99. The topological polar surface area (TPSA) is 84.9 Å². The van der Waals surface area contributed by atoms with Crippen LogP contribution in [0.4, 0.5) is 5.69 Å². The number of benzene rings is 1. The van der Waals surface area contributed by atoms with Crippen LogP contribution in [0.3, 0.4) is 0 Å². The van der Waals surface area contributed by atoms with Gasteiger partial charge < -0.3 is 19.9 Å². The first-order valence-electron chi connectivity index (χ1n) is 5.59. The molecule has 0 spiro atoms. The van der Waals surface area contributed by atoms with Crippen LogP contribution >= 0.6 is 0 Å². The van der Waals surface area contributed by atoms with E-state index < -0.39 is 17.5 Å². The molecule has 0 saturated heterocycles. The molecule has 104 valence electrons. The van der Waals surface area contributed by atoms with Crippen LogP contribution in [0.25, 0.3) is 0 Å². The molecule has 1 aromatic rings. The molecule has 0 aliphatic rings. The minimum Gasteiger partial charge on any atom is -0.497 e. The standard InChI is InChI=1S/C13H17NO5/c1-13(2,19-4)12(17)14-10-6-5-8(18-3)7-9(10)11(15)16/h5-7H,1-4H3,(H,14,17)(H,15,16). The first kappa shape index (κ1) is 15.0. The van der Waals surface area contributed by atoms with E-state index in [1.807, 2.05) is 0 Å². The predicted octanol–water partition coefficient (Wildman–Crippen LogP) is 1.76. The molecule has 0 saturated carbocycles. The second kappa shape index (κ2) is 5.71. The van der Waals surface area contributed by atoms with Gasteiger partial charge in [-0.15, -0.1) is 0 Å². The molecule has 0 aliphatic heterocycles. The van der Waals surface area contributed by atoms with E-state index in [9.17, 15) is 9.59 Å². The van der Waals surface area contributed by atoms with Crippen LogP contribution < -0.4 is 10.1 Å². The molecule has 0 aliphatic carbocycles. The fourth-order valence-corrected chi connectivity index (χ4v) is 1.30. The first-order valence-corrected chi connectivity index (χ1v) is 5.59. The lowest BCUT2D eigenvalue weighted by atomic mass is 10.1. The number of hydrogen-bond donors (Lipinski definition) is 2. The van der Waals surface area contributed by atoms with Crippen molar-refractivity contribution in [1.29, 1.82) is 0 Å². The largest absolute Gasteiger partial charge is 0.497 e. The summed E-state index contributed by atoms with van der Waals surface area (Å²) in [4.78, 5) is 23.1. The van der Waals surface area contributed by atoms with E-state index in [4.69, 9.17) is 14.6 Å². The molecular formula is C13H17NO5. The third kappa shape index (κ3) is 3.45. The Hall–Kier alpha value is -2.08. The molecule has 0 unspecified atom stereocenters. The van der Waals surface area contributed by atoms with Crippen LogP contribution in [-0.2, 0) is 9.53 Å². The van der Waals surface area contributed by atoms with Crippen molar-refractivity contribution in [2.75, 3.05) is 19.5 Å². The number of rotatable bonds is 5. The molecule has 1 rings (SSSR count). The van der Waals surface area contributed by atoms with Crippen molar-refractivity contribution in [1.82, 2.24) is 0 Å². The number of hydrogen-bond acceptors (Lipinski definition) is 4. The summed E-state index contributed by atoms with van der Waals surface area (Å²) in [5.41, 5.74) is -0.890. The van der Waals surface area contributed by atoms with Crippen molar-refractivity contribution in [3.8, 4) is 5.75 Å². The van der Waals surface area contributed by atoms with E-state index in [0.717, 1.165) is 0 Å². The van der Waals surface area contributed by atoms with Crippen molar-refractivity contribution in [3.05, 3.63) is 23.8 Å². The van der Waals surface area contributed by atoms with Gasteiger partial charge in [-0.1, -0.05) is 0 Å². The lowest BCUT2D eigenvalue weighted by Gasteiger charge is -2.22. The molecule has 0 aromatic heterocycles. The quantitative estimate of drug-likeness (QED) is 0.849. The lowest BCUT2D eigenvalue weighted by Crippen LogP contribution is -2.39. The maximum absolute atomic E-state index is 11.9. The zero-order chi connectivity index (χ0) is 14.6. The third-order valence-electron chi connectivity index (χ3n) is 2.76. The summed E-state index contributed by atoms with van der Waals surface area (Å²) >= 11 is 0. The van der Waals surface area contributed by atoms with Gasteiger partial charge in [-0.25, -0.2) is 4.79 Å². The van der Waals surface area contributed by atoms with Crippen molar-refractivity contribution >= 4 is 17.6 Å². The molecule has 1 aromatic carbocycles. The summed E-state index contributed by atoms with van der Waals surface area (Å²) in [6.45, 7) is 3.18. The lowest BCUT2D eigenvalue weighted by molar-refractivity contribution is -0.133. The Balaban J connectivity index is 3.08. The highest BCUT2D eigenvalue weighted by molar-refractivity contribution is 6.03. The highest BCUT2D eigenvalue weighted by Crippen LogP contribution is 2.23. The van der Waals surface area contributed by atoms with Crippen LogP contribution in [0.2, 0.25) is 0 Å². The number of aromatic carboxylic acids is 1. The van der Waals surface area contributed by atoms with Gasteiger partial charge in [0.25, 0.3) is 5.91 Å². The molecule has 0 fully saturated rings. The van der Waals surface area contributed by atoms with Crippen LogP contribution in [-0.4, -0.2) is 36.8 Å². The number of carboxylic acid groups (broad SMARTS) is 1. The number of carbonyl (C=O) groups is 2. The third-order valence-corrected chi connectivity index (χ3v) is 2.76. The highest BCUT2D eigenvalue weighted by Gasteiger charge is 2.28. The predicted molar refractivity (Wildman–Crippen MR) is 69.7 cm³/mol. The molecule has 2 N–H and O–H groups in total. The summed E-state index contributed by atoms with van der Waals surface area (Å²) in [5, 5.41) is 11.7. The van der Waals surface area contributed by atoms with Crippen molar-refractivity contribution in [2.24, 2.45) is 0 Å². The Bertz CT molecular complexity index is 496. The minimum absolute atomic E-state index is 0.0420. The zero-order valence-electron chi connectivity index (χ0n) is 11.3. The Morgan fingerprint density at radius 1 is 1.26 bits per heavy atom. The second-order valence-corrected chi connectivity index (χ2v) is 4.39. The van der Waals surface area contributed by atoms with Crippen molar-refractivity contribution in [3.63, 3.8) is 0 Å². The van der Waals surface area contributed by atoms with E-state index in [-0.39, 0.29) is 11.3 Å². The molecule has 0 atom stereocenters. The summed E-state index contributed by atoms with van der Waals surface area (Å²) in [5.74, 6) is -1.17. The number of nitrogens with one attached hydrogen (secondary N) is 1. The number of anilines is 1. The van der Waals surface area contributed by atoms with Gasteiger partial charge in [-0.3, -0.25) is 4.79 Å². The van der Waals surface area contributed by atoms with Crippen LogP contribution in [0.15, 0.2) is 18.2 Å². The molecule has 6 heteroatoms.